The number of aromatic hydroxyl groups is 2. The molecule has 0 aliphatic carbocycles. The molecule has 2 N–H and O–H groups in total. The monoisotopic (exact) mass is 286 g/mol. The van der Waals surface area contributed by atoms with E-state index >= 15 is 0 Å². The van der Waals surface area contributed by atoms with Crippen molar-refractivity contribution in [2.45, 2.75) is 0 Å². The predicted molar refractivity (Wildman–Crippen MR) is 90.2 cm³/mol. The normalized spacial score (nSPS) is 11.1. The Labute approximate surface area is 127 Å². The lowest BCUT2D eigenvalue weighted by atomic mass is 9.93. The van der Waals surface area contributed by atoms with E-state index in [0.717, 1.165) is 32.7 Å². The Morgan fingerprint density at radius 3 is 1.36 bits per heavy atom. The van der Waals surface area contributed by atoms with Crippen LogP contribution >= 0.6 is 0 Å². The molecule has 0 bridgehead atoms. The standard InChI is InChI=1S/C20H14O2/c21-15-9-13-5-1-3-7-17(13)19(11-15)20-12-16(22)10-14-6-2-4-8-18(14)20/h1-12,21-22H. The Balaban J connectivity index is 2.16. The maximum Gasteiger partial charge on any atom is 0.116 e. The fraction of sp³-hybridized carbons (Fsp3) is 0. The molecule has 4 aromatic carbocycles. The lowest BCUT2D eigenvalue weighted by Crippen LogP contribution is -1.85. The molecule has 22 heavy (non-hydrogen) atoms. The first-order valence-corrected chi connectivity index (χ1v) is 7.16. The molecular weight excluding hydrogens is 272 g/mol. The van der Waals surface area contributed by atoms with Crippen LogP contribution in [0.15, 0.2) is 72.8 Å². The minimum atomic E-state index is 0.223. The van der Waals surface area contributed by atoms with Crippen LogP contribution in [0.1, 0.15) is 0 Å². The van der Waals surface area contributed by atoms with Gasteiger partial charge in [-0.25, -0.2) is 0 Å². The largest absolute Gasteiger partial charge is 0.508 e. The molecule has 0 atom stereocenters. The predicted octanol–water partition coefficient (Wildman–Crippen LogP) is 5.07. The van der Waals surface area contributed by atoms with Crippen LogP contribution in [0.2, 0.25) is 0 Å². The molecule has 0 saturated heterocycles. The number of hydrogen-bond acceptors (Lipinski definition) is 2. The Hall–Kier alpha value is -3.00. The first kappa shape index (κ1) is 12.7. The van der Waals surface area contributed by atoms with Crippen LogP contribution in [0, 0.1) is 0 Å². The summed E-state index contributed by atoms with van der Waals surface area (Å²) in [6.07, 6.45) is 0. The van der Waals surface area contributed by atoms with E-state index < -0.39 is 0 Å². The topological polar surface area (TPSA) is 40.5 Å². The zero-order valence-corrected chi connectivity index (χ0v) is 11.8. The highest BCUT2D eigenvalue weighted by atomic mass is 16.3. The Kier molecular flexibility index (Phi) is 2.76. The van der Waals surface area contributed by atoms with Crippen molar-refractivity contribution >= 4 is 21.5 Å². The van der Waals surface area contributed by atoms with Crippen LogP contribution in [-0.4, -0.2) is 10.2 Å². The van der Waals surface area contributed by atoms with Crippen molar-refractivity contribution in [3.63, 3.8) is 0 Å². The zero-order valence-electron chi connectivity index (χ0n) is 11.8. The second-order valence-corrected chi connectivity index (χ2v) is 5.43. The van der Waals surface area contributed by atoms with Gasteiger partial charge in [0.05, 0.1) is 0 Å². The van der Waals surface area contributed by atoms with Gasteiger partial charge in [-0.2, -0.15) is 0 Å². The fourth-order valence-corrected chi connectivity index (χ4v) is 3.04. The van der Waals surface area contributed by atoms with Gasteiger partial charge >= 0.3 is 0 Å². The van der Waals surface area contributed by atoms with Crippen LogP contribution < -0.4 is 0 Å². The molecule has 2 heteroatoms. The number of phenols is 2. The molecule has 0 aliphatic rings. The lowest BCUT2D eigenvalue weighted by molar-refractivity contribution is 0.475. The van der Waals surface area contributed by atoms with E-state index in [1.165, 1.54) is 0 Å². The van der Waals surface area contributed by atoms with E-state index in [4.69, 9.17) is 0 Å². The summed E-state index contributed by atoms with van der Waals surface area (Å²) in [5.41, 5.74) is 1.84. The molecule has 0 saturated carbocycles. The minimum Gasteiger partial charge on any atom is -0.508 e. The summed E-state index contributed by atoms with van der Waals surface area (Å²) in [7, 11) is 0. The van der Waals surface area contributed by atoms with Gasteiger partial charge in [0.15, 0.2) is 0 Å². The van der Waals surface area contributed by atoms with Crippen molar-refractivity contribution in [3.8, 4) is 22.6 Å². The summed E-state index contributed by atoms with van der Waals surface area (Å²) in [6, 6.07) is 22.9. The van der Waals surface area contributed by atoms with Crippen molar-refractivity contribution < 1.29 is 10.2 Å². The number of hydrogen-bond donors (Lipinski definition) is 2. The van der Waals surface area contributed by atoms with E-state index in [2.05, 4.69) is 0 Å². The van der Waals surface area contributed by atoms with Crippen LogP contribution in [-0.2, 0) is 0 Å². The number of fused-ring (bicyclic) bond motifs is 2. The van der Waals surface area contributed by atoms with Crippen LogP contribution in [0.3, 0.4) is 0 Å². The second kappa shape index (κ2) is 4.78. The van der Waals surface area contributed by atoms with Crippen LogP contribution in [0.4, 0.5) is 0 Å². The summed E-state index contributed by atoms with van der Waals surface area (Å²) in [6.45, 7) is 0. The van der Waals surface area contributed by atoms with Gasteiger partial charge in [0.25, 0.3) is 0 Å². The average Bonchev–Trinajstić information content (AvgIpc) is 2.53. The van der Waals surface area contributed by atoms with Crippen LogP contribution in [0.25, 0.3) is 32.7 Å². The molecule has 4 aromatic rings. The lowest BCUT2D eigenvalue weighted by Gasteiger charge is -2.12. The fourth-order valence-electron chi connectivity index (χ4n) is 3.04. The molecule has 0 amide bonds. The quantitative estimate of drug-likeness (QED) is 0.513. The summed E-state index contributed by atoms with van der Waals surface area (Å²) in [4.78, 5) is 0. The number of phenolic OH excluding ortho intramolecular Hbond substituents is 2. The third kappa shape index (κ3) is 1.97. The molecule has 2 nitrogen and oxygen atoms in total. The van der Waals surface area contributed by atoms with Gasteiger partial charge in [0.1, 0.15) is 11.5 Å². The zero-order chi connectivity index (χ0) is 15.1. The van der Waals surface area contributed by atoms with Gasteiger partial charge in [0, 0.05) is 0 Å². The molecule has 0 unspecified atom stereocenters. The summed E-state index contributed by atoms with van der Waals surface area (Å²) in [5, 5.41) is 24.2. The molecule has 0 heterocycles. The molecule has 0 aromatic heterocycles. The third-order valence-corrected chi connectivity index (χ3v) is 3.98. The van der Waals surface area contributed by atoms with E-state index in [9.17, 15) is 10.2 Å². The molecule has 0 aliphatic heterocycles. The smallest absolute Gasteiger partial charge is 0.116 e. The molecule has 106 valence electrons. The highest BCUT2D eigenvalue weighted by molar-refractivity contribution is 6.06. The van der Waals surface area contributed by atoms with Crippen molar-refractivity contribution in [3.05, 3.63) is 72.8 Å². The second-order valence-electron chi connectivity index (χ2n) is 5.43. The van der Waals surface area contributed by atoms with E-state index in [1.54, 1.807) is 24.3 Å². The molecular formula is C20H14O2. The minimum absolute atomic E-state index is 0.223. The van der Waals surface area contributed by atoms with Gasteiger partial charge in [-0.1, -0.05) is 48.5 Å². The van der Waals surface area contributed by atoms with E-state index in [0.29, 0.717) is 0 Å². The van der Waals surface area contributed by atoms with Gasteiger partial charge in [0.2, 0.25) is 0 Å². The average molecular weight is 286 g/mol. The Bertz CT molecular complexity index is 920. The first-order valence-electron chi connectivity index (χ1n) is 7.16. The van der Waals surface area contributed by atoms with Crippen molar-refractivity contribution in [1.82, 2.24) is 0 Å². The maximum atomic E-state index is 10.1. The van der Waals surface area contributed by atoms with E-state index in [1.807, 2.05) is 48.5 Å². The van der Waals surface area contributed by atoms with E-state index in [-0.39, 0.29) is 11.5 Å². The van der Waals surface area contributed by atoms with Crippen LogP contribution in [0.5, 0.6) is 11.5 Å². The van der Waals surface area contributed by atoms with Gasteiger partial charge in [-0.15, -0.1) is 0 Å². The number of benzene rings is 4. The van der Waals surface area contributed by atoms with Gasteiger partial charge in [-0.3, -0.25) is 0 Å². The summed E-state index contributed by atoms with van der Waals surface area (Å²) in [5.74, 6) is 0.447. The third-order valence-electron chi connectivity index (χ3n) is 3.98. The maximum absolute atomic E-state index is 10.1. The highest BCUT2D eigenvalue weighted by Gasteiger charge is 2.10. The van der Waals surface area contributed by atoms with Gasteiger partial charge < -0.3 is 10.2 Å². The van der Waals surface area contributed by atoms with Crippen molar-refractivity contribution in [2.24, 2.45) is 0 Å². The summed E-state index contributed by atoms with van der Waals surface area (Å²) < 4.78 is 0. The Morgan fingerprint density at radius 2 is 0.909 bits per heavy atom. The molecule has 0 fully saturated rings. The van der Waals surface area contributed by atoms with Crippen molar-refractivity contribution in [1.29, 1.82) is 0 Å². The molecule has 4 rings (SSSR count). The first-order chi connectivity index (χ1) is 10.7. The summed E-state index contributed by atoms with van der Waals surface area (Å²) >= 11 is 0. The highest BCUT2D eigenvalue weighted by Crippen LogP contribution is 2.38. The van der Waals surface area contributed by atoms with Gasteiger partial charge in [-0.05, 0) is 56.9 Å². The van der Waals surface area contributed by atoms with Crippen molar-refractivity contribution in [2.75, 3.05) is 0 Å². The SMILES string of the molecule is Oc1cc(-c2cc(O)cc3ccccc23)c2ccccc2c1. The molecule has 0 radical (unpaired) electrons. The molecule has 0 spiro atoms. The Morgan fingerprint density at radius 1 is 0.500 bits per heavy atom. The number of rotatable bonds is 1.